The second kappa shape index (κ2) is 6.48. The van der Waals surface area contributed by atoms with Gasteiger partial charge >= 0.3 is 5.97 Å². The number of carbonyl (C=O) groups is 1. The summed E-state index contributed by atoms with van der Waals surface area (Å²) < 4.78 is 4.64. The maximum Gasteiger partial charge on any atom is 0.349 e. The molecule has 1 heterocycles. The number of nitrogens with zero attached hydrogens (tertiary/aromatic N) is 2. The van der Waals surface area contributed by atoms with E-state index in [-0.39, 0.29) is 5.97 Å². The number of carbonyl (C=O) groups excluding carboxylic acids is 1. The summed E-state index contributed by atoms with van der Waals surface area (Å²) in [5.41, 5.74) is 0. The SMILES string of the molecule is CCCCCN(C)c1ncc(C(=O)OC)s1. The second-order valence-corrected chi connectivity index (χ2v) is 4.64. The van der Waals surface area contributed by atoms with E-state index in [4.69, 9.17) is 0 Å². The van der Waals surface area contributed by atoms with Gasteiger partial charge in [0.2, 0.25) is 0 Å². The van der Waals surface area contributed by atoms with E-state index in [9.17, 15) is 4.79 Å². The van der Waals surface area contributed by atoms with E-state index < -0.39 is 0 Å². The minimum absolute atomic E-state index is 0.314. The molecule has 0 saturated heterocycles. The maximum atomic E-state index is 11.2. The summed E-state index contributed by atoms with van der Waals surface area (Å²) in [5, 5.41) is 0.872. The van der Waals surface area contributed by atoms with Gasteiger partial charge in [-0.2, -0.15) is 0 Å². The second-order valence-electron chi connectivity index (χ2n) is 3.63. The predicted octanol–water partition coefficient (Wildman–Crippen LogP) is 2.56. The molecule has 0 saturated carbocycles. The molecule has 0 spiro atoms. The van der Waals surface area contributed by atoms with E-state index in [0.717, 1.165) is 18.1 Å². The number of esters is 1. The van der Waals surface area contributed by atoms with E-state index in [0.29, 0.717) is 4.88 Å². The lowest BCUT2D eigenvalue weighted by Gasteiger charge is -2.14. The lowest BCUT2D eigenvalue weighted by Crippen LogP contribution is -2.17. The van der Waals surface area contributed by atoms with Gasteiger partial charge in [0.25, 0.3) is 0 Å². The van der Waals surface area contributed by atoms with Crippen LogP contribution in [0, 0.1) is 0 Å². The average molecular weight is 242 g/mol. The standard InChI is InChI=1S/C11H18N2O2S/c1-4-5-6-7-13(2)11-12-8-9(16-11)10(14)15-3/h8H,4-7H2,1-3H3. The third-order valence-corrected chi connectivity index (χ3v) is 3.40. The normalized spacial score (nSPS) is 10.2. The van der Waals surface area contributed by atoms with Crippen LogP contribution in [0.4, 0.5) is 5.13 Å². The lowest BCUT2D eigenvalue weighted by atomic mass is 10.2. The van der Waals surface area contributed by atoms with Crippen LogP contribution in [0.15, 0.2) is 6.20 Å². The first-order valence-corrected chi connectivity index (χ1v) is 6.26. The Morgan fingerprint density at radius 3 is 2.94 bits per heavy atom. The van der Waals surface area contributed by atoms with E-state index in [1.165, 1.54) is 31.3 Å². The van der Waals surface area contributed by atoms with Crippen molar-refractivity contribution in [3.05, 3.63) is 11.1 Å². The highest BCUT2D eigenvalue weighted by molar-refractivity contribution is 7.17. The third-order valence-electron chi connectivity index (χ3n) is 2.30. The number of ether oxygens (including phenoxy) is 1. The number of hydrogen-bond donors (Lipinski definition) is 0. The number of unbranched alkanes of at least 4 members (excludes halogenated alkanes) is 2. The highest BCUT2D eigenvalue weighted by Gasteiger charge is 2.12. The number of rotatable bonds is 6. The first-order valence-electron chi connectivity index (χ1n) is 5.44. The van der Waals surface area contributed by atoms with Gasteiger partial charge in [-0.1, -0.05) is 31.1 Å². The quantitative estimate of drug-likeness (QED) is 0.568. The topological polar surface area (TPSA) is 42.4 Å². The number of anilines is 1. The summed E-state index contributed by atoms with van der Waals surface area (Å²) in [5.74, 6) is -0.314. The summed E-state index contributed by atoms with van der Waals surface area (Å²) in [4.78, 5) is 18.1. The zero-order chi connectivity index (χ0) is 12.0. The fourth-order valence-corrected chi connectivity index (χ4v) is 2.15. The Labute approximate surface area is 100 Å². The van der Waals surface area contributed by atoms with Crippen LogP contribution in [-0.2, 0) is 4.74 Å². The molecule has 0 aromatic carbocycles. The summed E-state index contributed by atoms with van der Waals surface area (Å²) in [6.07, 6.45) is 5.15. The number of hydrogen-bond acceptors (Lipinski definition) is 5. The molecule has 0 unspecified atom stereocenters. The monoisotopic (exact) mass is 242 g/mol. The van der Waals surface area contributed by atoms with Crippen LogP contribution in [0.1, 0.15) is 35.9 Å². The van der Waals surface area contributed by atoms with Gasteiger partial charge in [-0.05, 0) is 6.42 Å². The first kappa shape index (κ1) is 13.0. The molecule has 0 aliphatic carbocycles. The molecule has 1 aromatic rings. The van der Waals surface area contributed by atoms with Crippen LogP contribution in [0.25, 0.3) is 0 Å². The molecule has 1 aromatic heterocycles. The van der Waals surface area contributed by atoms with E-state index in [2.05, 4.69) is 21.5 Å². The van der Waals surface area contributed by atoms with Gasteiger partial charge in [-0.3, -0.25) is 0 Å². The molecule has 1 rings (SSSR count). The molecule has 0 amide bonds. The van der Waals surface area contributed by atoms with Gasteiger partial charge in [0, 0.05) is 13.6 Å². The molecule has 0 aliphatic heterocycles. The van der Waals surface area contributed by atoms with Crippen molar-refractivity contribution in [1.29, 1.82) is 0 Å². The van der Waals surface area contributed by atoms with Crippen molar-refractivity contribution >= 4 is 22.4 Å². The molecule has 0 fully saturated rings. The number of methoxy groups -OCH3 is 1. The molecular weight excluding hydrogens is 224 g/mol. The van der Waals surface area contributed by atoms with Crippen LogP contribution in [-0.4, -0.2) is 31.7 Å². The molecule has 0 radical (unpaired) electrons. The summed E-state index contributed by atoms with van der Waals surface area (Å²) in [6, 6.07) is 0. The van der Waals surface area contributed by atoms with Crippen LogP contribution >= 0.6 is 11.3 Å². The Hall–Kier alpha value is -1.10. The number of aromatic nitrogens is 1. The molecular formula is C11H18N2O2S. The highest BCUT2D eigenvalue weighted by atomic mass is 32.1. The molecule has 90 valence electrons. The zero-order valence-electron chi connectivity index (χ0n) is 10.0. The number of thiazole rings is 1. The van der Waals surface area contributed by atoms with Crippen molar-refractivity contribution in [2.75, 3.05) is 25.6 Å². The van der Waals surface area contributed by atoms with E-state index in [1.54, 1.807) is 6.20 Å². The van der Waals surface area contributed by atoms with Gasteiger partial charge in [0.1, 0.15) is 4.88 Å². The van der Waals surface area contributed by atoms with Crippen molar-refractivity contribution in [3.63, 3.8) is 0 Å². The van der Waals surface area contributed by atoms with Crippen LogP contribution < -0.4 is 4.90 Å². The highest BCUT2D eigenvalue weighted by Crippen LogP contribution is 2.22. The van der Waals surface area contributed by atoms with Crippen molar-refractivity contribution in [2.45, 2.75) is 26.2 Å². The van der Waals surface area contributed by atoms with Gasteiger partial charge < -0.3 is 9.64 Å². The third kappa shape index (κ3) is 3.48. The lowest BCUT2D eigenvalue weighted by molar-refractivity contribution is 0.0606. The predicted molar refractivity (Wildman–Crippen MR) is 66.2 cm³/mol. The summed E-state index contributed by atoms with van der Waals surface area (Å²) in [7, 11) is 3.38. The van der Waals surface area contributed by atoms with Gasteiger partial charge in [-0.15, -0.1) is 0 Å². The Kier molecular flexibility index (Phi) is 5.25. The fourth-order valence-electron chi connectivity index (χ4n) is 1.33. The van der Waals surface area contributed by atoms with E-state index in [1.807, 2.05) is 7.05 Å². The molecule has 0 bridgehead atoms. The molecule has 0 aliphatic rings. The van der Waals surface area contributed by atoms with Crippen LogP contribution in [0.2, 0.25) is 0 Å². The van der Waals surface area contributed by atoms with Gasteiger partial charge in [0.15, 0.2) is 5.13 Å². The average Bonchev–Trinajstić information content (AvgIpc) is 2.77. The Balaban J connectivity index is 2.52. The Morgan fingerprint density at radius 1 is 1.56 bits per heavy atom. The first-order chi connectivity index (χ1) is 7.69. The van der Waals surface area contributed by atoms with Gasteiger partial charge in [-0.25, -0.2) is 9.78 Å². The molecule has 0 atom stereocenters. The smallest absolute Gasteiger partial charge is 0.349 e. The minimum Gasteiger partial charge on any atom is -0.465 e. The molecule has 16 heavy (non-hydrogen) atoms. The maximum absolute atomic E-state index is 11.2. The molecule has 0 N–H and O–H groups in total. The molecule has 4 nitrogen and oxygen atoms in total. The van der Waals surface area contributed by atoms with Crippen molar-refractivity contribution in [3.8, 4) is 0 Å². The van der Waals surface area contributed by atoms with E-state index >= 15 is 0 Å². The van der Waals surface area contributed by atoms with Gasteiger partial charge in [0.05, 0.1) is 13.3 Å². The summed E-state index contributed by atoms with van der Waals surface area (Å²) >= 11 is 1.37. The van der Waals surface area contributed by atoms with Crippen LogP contribution in [0.3, 0.4) is 0 Å². The van der Waals surface area contributed by atoms with Crippen molar-refractivity contribution < 1.29 is 9.53 Å². The van der Waals surface area contributed by atoms with Crippen molar-refractivity contribution in [1.82, 2.24) is 4.98 Å². The zero-order valence-corrected chi connectivity index (χ0v) is 10.8. The van der Waals surface area contributed by atoms with Crippen LogP contribution in [0.5, 0.6) is 0 Å². The fraction of sp³-hybridized carbons (Fsp3) is 0.636. The molecule has 5 heteroatoms. The minimum atomic E-state index is -0.314. The van der Waals surface area contributed by atoms with Crippen molar-refractivity contribution in [2.24, 2.45) is 0 Å². The summed E-state index contributed by atoms with van der Waals surface area (Å²) in [6.45, 7) is 3.15. The largest absolute Gasteiger partial charge is 0.465 e. The Bertz CT molecular complexity index is 338. The Morgan fingerprint density at radius 2 is 2.31 bits per heavy atom.